The lowest BCUT2D eigenvalue weighted by molar-refractivity contribution is -0.121. The van der Waals surface area contributed by atoms with E-state index in [-0.39, 0.29) is 10.1 Å². The van der Waals surface area contributed by atoms with Crippen LogP contribution in [0.1, 0.15) is 23.3 Å². The number of amides is 1. The summed E-state index contributed by atoms with van der Waals surface area (Å²) in [6.07, 6.45) is 3.99. The number of aromatic amines is 1. The highest BCUT2D eigenvalue weighted by atomic mass is 32.2. The molecule has 2 heterocycles. The van der Waals surface area contributed by atoms with Gasteiger partial charge in [0.1, 0.15) is 4.21 Å². The van der Waals surface area contributed by atoms with Gasteiger partial charge in [0.2, 0.25) is 15.9 Å². The topological polar surface area (TPSA) is 105 Å². The fraction of sp³-hybridized carbons (Fsp3) is 0.235. The molecule has 1 aromatic carbocycles. The lowest BCUT2D eigenvalue weighted by atomic mass is 10.1. The zero-order chi connectivity index (χ0) is 17.9. The number of fused-ring (bicyclic) bond motifs is 1. The lowest BCUT2D eigenvalue weighted by Crippen LogP contribution is -2.22. The van der Waals surface area contributed by atoms with Crippen LogP contribution in [0.5, 0.6) is 0 Å². The van der Waals surface area contributed by atoms with E-state index in [1.807, 2.05) is 24.4 Å². The second kappa shape index (κ2) is 7.38. The van der Waals surface area contributed by atoms with Crippen molar-refractivity contribution >= 4 is 38.2 Å². The number of aryl methyl sites for hydroxylation is 1. The second-order valence-corrected chi connectivity index (χ2v) is 8.71. The largest absolute Gasteiger partial charge is 0.361 e. The molecule has 132 valence electrons. The number of sulfonamides is 1. The highest BCUT2D eigenvalue weighted by Crippen LogP contribution is 2.21. The molecular weight excluding hydrogens is 358 g/mol. The third kappa shape index (κ3) is 4.47. The average molecular weight is 377 g/mol. The maximum absolute atomic E-state index is 12.0. The van der Waals surface area contributed by atoms with E-state index in [9.17, 15) is 13.2 Å². The molecule has 0 saturated carbocycles. The zero-order valence-electron chi connectivity index (χ0n) is 13.5. The van der Waals surface area contributed by atoms with Gasteiger partial charge in [-0.2, -0.15) is 0 Å². The van der Waals surface area contributed by atoms with Gasteiger partial charge in [-0.15, -0.1) is 11.3 Å². The van der Waals surface area contributed by atoms with Crippen molar-refractivity contribution in [2.45, 2.75) is 30.0 Å². The monoisotopic (exact) mass is 377 g/mol. The van der Waals surface area contributed by atoms with Crippen LogP contribution in [0.2, 0.25) is 0 Å². The minimum absolute atomic E-state index is 0.0506. The Balaban J connectivity index is 1.46. The zero-order valence-corrected chi connectivity index (χ0v) is 15.1. The first-order valence-electron chi connectivity index (χ1n) is 7.87. The molecule has 0 aliphatic heterocycles. The van der Waals surface area contributed by atoms with Crippen molar-refractivity contribution in [3.05, 3.63) is 53.0 Å². The number of nitrogens with two attached hydrogens (primary N) is 1. The molecule has 0 fully saturated rings. The quantitative estimate of drug-likeness (QED) is 0.589. The van der Waals surface area contributed by atoms with Crippen LogP contribution >= 0.6 is 11.3 Å². The van der Waals surface area contributed by atoms with E-state index in [1.54, 1.807) is 6.07 Å². The number of carbonyl (C=O) groups excluding carboxylic acids is 1. The van der Waals surface area contributed by atoms with Crippen molar-refractivity contribution in [2.75, 3.05) is 0 Å². The van der Waals surface area contributed by atoms with Crippen molar-refractivity contribution in [2.24, 2.45) is 5.14 Å². The predicted molar refractivity (Wildman–Crippen MR) is 98.8 cm³/mol. The summed E-state index contributed by atoms with van der Waals surface area (Å²) in [5.41, 5.74) is 2.31. The first-order valence-corrected chi connectivity index (χ1v) is 10.2. The third-order valence-corrected chi connectivity index (χ3v) is 6.43. The molecule has 8 heteroatoms. The standard InChI is InChI=1S/C17H19N3O3S2/c18-25(22,23)17-9-8-13(24-17)11-20-16(21)7-3-4-12-10-19-15-6-2-1-5-14(12)15/h1-2,5-6,8-10,19H,3-4,7,11H2,(H,20,21)(H2,18,22,23). The van der Waals surface area contributed by atoms with Gasteiger partial charge in [-0.3, -0.25) is 4.79 Å². The van der Waals surface area contributed by atoms with E-state index < -0.39 is 10.0 Å². The summed E-state index contributed by atoms with van der Waals surface area (Å²) in [7, 11) is -3.67. The highest BCUT2D eigenvalue weighted by Gasteiger charge is 2.11. The van der Waals surface area contributed by atoms with Crippen molar-refractivity contribution in [1.82, 2.24) is 10.3 Å². The molecule has 6 nitrogen and oxygen atoms in total. The normalized spacial score (nSPS) is 11.7. The van der Waals surface area contributed by atoms with Gasteiger partial charge >= 0.3 is 0 Å². The molecule has 0 aliphatic carbocycles. The van der Waals surface area contributed by atoms with Crippen LogP contribution in [0.15, 0.2) is 46.8 Å². The molecule has 0 unspecified atom stereocenters. The van der Waals surface area contributed by atoms with Gasteiger partial charge < -0.3 is 10.3 Å². The maximum atomic E-state index is 12.0. The number of hydrogen-bond donors (Lipinski definition) is 3. The third-order valence-electron chi connectivity index (χ3n) is 3.90. The summed E-state index contributed by atoms with van der Waals surface area (Å²) < 4.78 is 22.6. The summed E-state index contributed by atoms with van der Waals surface area (Å²) in [4.78, 5) is 15.9. The minimum atomic E-state index is -3.67. The van der Waals surface area contributed by atoms with Crippen LogP contribution in [0.4, 0.5) is 0 Å². The Morgan fingerprint density at radius 2 is 2.00 bits per heavy atom. The molecule has 0 aliphatic rings. The number of primary sulfonamides is 1. The number of aromatic nitrogens is 1. The van der Waals surface area contributed by atoms with Crippen molar-refractivity contribution < 1.29 is 13.2 Å². The van der Waals surface area contributed by atoms with Gasteiger partial charge in [0.05, 0.1) is 6.54 Å². The Morgan fingerprint density at radius 1 is 1.20 bits per heavy atom. The summed E-state index contributed by atoms with van der Waals surface area (Å²) in [6.45, 7) is 0.312. The lowest BCUT2D eigenvalue weighted by Gasteiger charge is -2.03. The number of thiophene rings is 1. The molecule has 0 radical (unpaired) electrons. The fourth-order valence-corrected chi connectivity index (χ4v) is 4.38. The van der Waals surface area contributed by atoms with E-state index in [1.165, 1.54) is 17.0 Å². The van der Waals surface area contributed by atoms with E-state index in [0.29, 0.717) is 13.0 Å². The summed E-state index contributed by atoms with van der Waals surface area (Å²) in [5, 5.41) is 9.07. The van der Waals surface area contributed by atoms with Crippen molar-refractivity contribution in [3.8, 4) is 0 Å². The van der Waals surface area contributed by atoms with E-state index in [0.717, 1.165) is 34.6 Å². The maximum Gasteiger partial charge on any atom is 0.247 e. The fourth-order valence-electron chi connectivity index (χ4n) is 2.66. The first-order chi connectivity index (χ1) is 11.9. The van der Waals surface area contributed by atoms with Crippen molar-refractivity contribution in [1.29, 1.82) is 0 Å². The van der Waals surface area contributed by atoms with Gasteiger partial charge in [-0.05, 0) is 36.6 Å². The number of carbonyl (C=O) groups is 1. The van der Waals surface area contributed by atoms with E-state index >= 15 is 0 Å². The van der Waals surface area contributed by atoms with Gasteiger partial charge in [0.25, 0.3) is 0 Å². The molecule has 4 N–H and O–H groups in total. The van der Waals surface area contributed by atoms with Crippen LogP contribution in [0, 0.1) is 0 Å². The SMILES string of the molecule is NS(=O)(=O)c1ccc(CNC(=O)CCCc2c[nH]c3ccccc23)s1. The van der Waals surface area contributed by atoms with Crippen LogP contribution in [-0.4, -0.2) is 19.3 Å². The summed E-state index contributed by atoms with van der Waals surface area (Å²) >= 11 is 1.07. The predicted octanol–water partition coefficient (Wildman–Crippen LogP) is 2.52. The molecule has 25 heavy (non-hydrogen) atoms. The second-order valence-electron chi connectivity index (χ2n) is 5.76. The van der Waals surface area contributed by atoms with Gasteiger partial charge in [-0.25, -0.2) is 13.6 Å². The van der Waals surface area contributed by atoms with E-state index in [4.69, 9.17) is 5.14 Å². The van der Waals surface area contributed by atoms with Gasteiger partial charge in [0, 0.05) is 28.4 Å². The van der Waals surface area contributed by atoms with Crippen LogP contribution in [0.3, 0.4) is 0 Å². The van der Waals surface area contributed by atoms with Crippen molar-refractivity contribution in [3.63, 3.8) is 0 Å². The first kappa shape index (κ1) is 17.7. The molecule has 3 aromatic rings. The number of nitrogens with one attached hydrogen (secondary N) is 2. The Hall–Kier alpha value is -2.16. The number of para-hydroxylation sites is 1. The average Bonchev–Trinajstić information content (AvgIpc) is 3.20. The van der Waals surface area contributed by atoms with E-state index in [2.05, 4.69) is 16.4 Å². The van der Waals surface area contributed by atoms with Crippen LogP contribution in [-0.2, 0) is 27.8 Å². The van der Waals surface area contributed by atoms with Gasteiger partial charge in [-0.1, -0.05) is 18.2 Å². The molecule has 0 atom stereocenters. The molecule has 0 saturated heterocycles. The molecule has 3 rings (SSSR count). The minimum Gasteiger partial charge on any atom is -0.361 e. The van der Waals surface area contributed by atoms with Crippen LogP contribution in [0.25, 0.3) is 10.9 Å². The summed E-state index contributed by atoms with van der Waals surface area (Å²) in [5.74, 6) is -0.0506. The van der Waals surface area contributed by atoms with Crippen LogP contribution < -0.4 is 10.5 Å². The molecule has 0 bridgehead atoms. The number of rotatable bonds is 7. The Kier molecular flexibility index (Phi) is 5.22. The molecule has 2 aromatic heterocycles. The Morgan fingerprint density at radius 3 is 2.76 bits per heavy atom. The highest BCUT2D eigenvalue weighted by molar-refractivity contribution is 7.91. The smallest absolute Gasteiger partial charge is 0.247 e. The Bertz CT molecular complexity index is 989. The number of H-pyrrole nitrogens is 1. The molecular formula is C17H19N3O3S2. The molecule has 0 spiro atoms. The number of benzene rings is 1. The summed E-state index contributed by atoms with van der Waals surface area (Å²) in [6, 6.07) is 11.2. The molecule has 1 amide bonds. The van der Waals surface area contributed by atoms with Gasteiger partial charge in [0.15, 0.2) is 0 Å². The number of hydrogen-bond acceptors (Lipinski definition) is 4. The Labute approximate surface area is 150 Å².